The number of rotatable bonds is 5. The summed E-state index contributed by atoms with van der Waals surface area (Å²) in [6.45, 7) is 3.79. The topological polar surface area (TPSA) is 70.9 Å². The van der Waals surface area contributed by atoms with Gasteiger partial charge in [0.2, 0.25) is 0 Å². The van der Waals surface area contributed by atoms with Gasteiger partial charge in [0, 0.05) is 16.7 Å². The Morgan fingerprint density at radius 1 is 1.25 bits per heavy atom. The minimum Gasteiger partial charge on any atom is -0.507 e. The van der Waals surface area contributed by atoms with Crippen LogP contribution in [0, 0.1) is 0 Å². The fourth-order valence-corrected chi connectivity index (χ4v) is 2.37. The third kappa shape index (κ3) is 4.88. The molecule has 0 aromatic heterocycles. The second-order valence-electron chi connectivity index (χ2n) is 5.21. The number of hydrogen-bond donors (Lipinski definition) is 2. The van der Waals surface area contributed by atoms with Crippen LogP contribution in [0.3, 0.4) is 0 Å². The van der Waals surface area contributed by atoms with E-state index in [1.54, 1.807) is 18.2 Å². The van der Waals surface area contributed by atoms with Gasteiger partial charge in [-0.15, -0.1) is 0 Å². The SMILES string of the molecule is CC(C)Oc1ccc(/C=N\NC(=O)c2ccc(Cl)cc2Cl)c(O)c1. The average Bonchev–Trinajstić information content (AvgIpc) is 2.48. The summed E-state index contributed by atoms with van der Waals surface area (Å²) >= 11 is 11.7. The average molecular weight is 367 g/mol. The summed E-state index contributed by atoms with van der Waals surface area (Å²) in [7, 11) is 0. The van der Waals surface area contributed by atoms with E-state index in [2.05, 4.69) is 10.5 Å². The Morgan fingerprint density at radius 3 is 2.62 bits per heavy atom. The first-order valence-corrected chi connectivity index (χ1v) is 7.90. The van der Waals surface area contributed by atoms with Gasteiger partial charge in [-0.3, -0.25) is 4.79 Å². The van der Waals surface area contributed by atoms with Crippen molar-refractivity contribution in [2.75, 3.05) is 0 Å². The number of amides is 1. The number of ether oxygens (including phenoxy) is 1. The lowest BCUT2D eigenvalue weighted by atomic mass is 10.2. The highest BCUT2D eigenvalue weighted by atomic mass is 35.5. The molecule has 0 fully saturated rings. The number of carbonyl (C=O) groups is 1. The third-order valence-electron chi connectivity index (χ3n) is 2.92. The van der Waals surface area contributed by atoms with Crippen LogP contribution in [-0.2, 0) is 0 Å². The van der Waals surface area contributed by atoms with Crippen molar-refractivity contribution in [3.05, 3.63) is 57.6 Å². The van der Waals surface area contributed by atoms with Crippen LogP contribution in [0.5, 0.6) is 11.5 Å². The van der Waals surface area contributed by atoms with E-state index in [1.807, 2.05) is 13.8 Å². The molecule has 0 saturated carbocycles. The van der Waals surface area contributed by atoms with Gasteiger partial charge in [0.25, 0.3) is 5.91 Å². The van der Waals surface area contributed by atoms with E-state index in [1.165, 1.54) is 24.4 Å². The third-order valence-corrected chi connectivity index (χ3v) is 3.47. The van der Waals surface area contributed by atoms with Gasteiger partial charge >= 0.3 is 0 Å². The number of hydrogen-bond acceptors (Lipinski definition) is 4. The molecule has 0 spiro atoms. The normalized spacial score (nSPS) is 11.0. The summed E-state index contributed by atoms with van der Waals surface area (Å²) in [5.74, 6) is 0.0690. The fraction of sp³-hybridized carbons (Fsp3) is 0.176. The first kappa shape index (κ1) is 18.1. The number of carbonyl (C=O) groups excluding carboxylic acids is 1. The Kier molecular flexibility index (Phi) is 6.06. The van der Waals surface area contributed by atoms with Gasteiger partial charge in [0.05, 0.1) is 22.9 Å². The van der Waals surface area contributed by atoms with E-state index in [0.29, 0.717) is 16.3 Å². The summed E-state index contributed by atoms with van der Waals surface area (Å²) < 4.78 is 5.47. The molecule has 0 saturated heterocycles. The lowest BCUT2D eigenvalue weighted by molar-refractivity contribution is 0.0955. The van der Waals surface area contributed by atoms with Crippen LogP contribution in [0.25, 0.3) is 0 Å². The smallest absolute Gasteiger partial charge is 0.272 e. The largest absolute Gasteiger partial charge is 0.507 e. The summed E-state index contributed by atoms with van der Waals surface area (Å²) in [5.41, 5.74) is 3.03. The zero-order valence-corrected chi connectivity index (χ0v) is 14.6. The van der Waals surface area contributed by atoms with E-state index in [4.69, 9.17) is 27.9 Å². The highest BCUT2D eigenvalue weighted by Gasteiger charge is 2.10. The first-order valence-electron chi connectivity index (χ1n) is 7.15. The van der Waals surface area contributed by atoms with Crippen molar-refractivity contribution < 1.29 is 14.6 Å². The summed E-state index contributed by atoms with van der Waals surface area (Å²) in [6, 6.07) is 9.37. The molecule has 24 heavy (non-hydrogen) atoms. The van der Waals surface area contributed by atoms with Crippen LogP contribution < -0.4 is 10.2 Å². The number of nitrogens with zero attached hydrogens (tertiary/aromatic N) is 1. The Labute approximate surface area is 149 Å². The van der Waals surface area contributed by atoms with Crippen molar-refractivity contribution in [2.45, 2.75) is 20.0 Å². The van der Waals surface area contributed by atoms with Crippen LogP contribution >= 0.6 is 23.2 Å². The number of phenols is 1. The molecule has 7 heteroatoms. The molecule has 2 aromatic carbocycles. The van der Waals surface area contributed by atoms with Crippen molar-refractivity contribution in [3.8, 4) is 11.5 Å². The highest BCUT2D eigenvalue weighted by molar-refractivity contribution is 6.36. The molecule has 0 bridgehead atoms. The maximum Gasteiger partial charge on any atom is 0.272 e. The first-order chi connectivity index (χ1) is 11.4. The van der Waals surface area contributed by atoms with Crippen molar-refractivity contribution in [1.82, 2.24) is 5.43 Å². The zero-order valence-electron chi connectivity index (χ0n) is 13.1. The van der Waals surface area contributed by atoms with Crippen molar-refractivity contribution in [2.24, 2.45) is 5.10 Å². The molecule has 0 unspecified atom stereocenters. The molecule has 126 valence electrons. The highest BCUT2D eigenvalue weighted by Crippen LogP contribution is 2.23. The van der Waals surface area contributed by atoms with Gasteiger partial charge in [0.1, 0.15) is 11.5 Å². The molecule has 0 aliphatic rings. The summed E-state index contributed by atoms with van der Waals surface area (Å²) in [4.78, 5) is 12.0. The second kappa shape index (κ2) is 8.04. The lowest BCUT2D eigenvalue weighted by Gasteiger charge is -2.10. The van der Waals surface area contributed by atoms with Gasteiger partial charge < -0.3 is 9.84 Å². The van der Waals surface area contributed by atoms with E-state index in [9.17, 15) is 9.90 Å². The number of halogens is 2. The summed E-state index contributed by atoms with van der Waals surface area (Å²) in [5, 5.41) is 14.4. The number of aromatic hydroxyl groups is 1. The summed E-state index contributed by atoms with van der Waals surface area (Å²) in [6.07, 6.45) is 1.34. The van der Waals surface area contributed by atoms with Gasteiger partial charge in [-0.1, -0.05) is 23.2 Å². The van der Waals surface area contributed by atoms with Crippen LogP contribution in [-0.4, -0.2) is 23.3 Å². The molecule has 0 radical (unpaired) electrons. The molecule has 0 aliphatic heterocycles. The molecular formula is C17H16Cl2N2O3. The van der Waals surface area contributed by atoms with Crippen molar-refractivity contribution in [1.29, 1.82) is 0 Å². The Balaban J connectivity index is 2.04. The molecule has 0 atom stereocenters. The molecule has 2 aromatic rings. The molecule has 2 rings (SSSR count). The Hall–Kier alpha value is -2.24. The van der Waals surface area contributed by atoms with Gasteiger partial charge in [-0.25, -0.2) is 5.43 Å². The monoisotopic (exact) mass is 366 g/mol. The minimum atomic E-state index is -0.479. The van der Waals surface area contributed by atoms with Crippen LogP contribution in [0.4, 0.5) is 0 Å². The quantitative estimate of drug-likeness (QED) is 0.613. The van der Waals surface area contributed by atoms with E-state index in [0.717, 1.165) is 0 Å². The fourth-order valence-electron chi connectivity index (χ4n) is 1.87. The number of phenolic OH excluding ortho intramolecular Hbond substituents is 1. The predicted molar refractivity (Wildman–Crippen MR) is 95.4 cm³/mol. The van der Waals surface area contributed by atoms with E-state index >= 15 is 0 Å². The lowest BCUT2D eigenvalue weighted by Crippen LogP contribution is -2.18. The molecular weight excluding hydrogens is 351 g/mol. The van der Waals surface area contributed by atoms with Crippen molar-refractivity contribution in [3.63, 3.8) is 0 Å². The predicted octanol–water partition coefficient (Wildman–Crippen LogP) is 4.25. The Morgan fingerprint density at radius 2 is 2.00 bits per heavy atom. The van der Waals surface area contributed by atoms with Crippen LogP contribution in [0.2, 0.25) is 10.0 Å². The zero-order chi connectivity index (χ0) is 17.7. The van der Waals surface area contributed by atoms with Gasteiger partial charge in [0.15, 0.2) is 0 Å². The van der Waals surface area contributed by atoms with Crippen LogP contribution in [0.1, 0.15) is 29.8 Å². The Bertz CT molecular complexity index is 776. The molecule has 5 nitrogen and oxygen atoms in total. The molecule has 2 N–H and O–H groups in total. The van der Waals surface area contributed by atoms with Crippen LogP contribution in [0.15, 0.2) is 41.5 Å². The minimum absolute atomic E-state index is 0.00401. The number of hydrazone groups is 1. The van der Waals surface area contributed by atoms with E-state index < -0.39 is 5.91 Å². The molecule has 1 amide bonds. The van der Waals surface area contributed by atoms with Crippen molar-refractivity contribution >= 4 is 35.3 Å². The second-order valence-corrected chi connectivity index (χ2v) is 6.05. The molecule has 0 aliphatic carbocycles. The van der Waals surface area contributed by atoms with Gasteiger partial charge in [-0.05, 0) is 44.2 Å². The maximum absolute atomic E-state index is 12.0. The van der Waals surface area contributed by atoms with E-state index in [-0.39, 0.29) is 22.4 Å². The van der Waals surface area contributed by atoms with Gasteiger partial charge in [-0.2, -0.15) is 5.10 Å². The number of benzene rings is 2. The standard InChI is InChI=1S/C17H16Cl2N2O3/c1-10(2)24-13-5-3-11(16(22)8-13)9-20-21-17(23)14-6-4-12(18)7-15(14)19/h3-10,22H,1-2H3,(H,21,23)/b20-9-. The molecule has 0 heterocycles. The maximum atomic E-state index is 12.0. The number of nitrogens with one attached hydrogen (secondary N) is 1.